The average molecular weight is 1040 g/mol. The van der Waals surface area contributed by atoms with Crippen LogP contribution < -0.4 is 0 Å². The summed E-state index contributed by atoms with van der Waals surface area (Å²) >= 11 is 11.3. The quantitative estimate of drug-likeness (QED) is 0.0273. The molecule has 0 saturated heterocycles. The van der Waals surface area contributed by atoms with Gasteiger partial charge in [0.15, 0.2) is 0 Å². The van der Waals surface area contributed by atoms with E-state index in [2.05, 4.69) is 13.8 Å². The fourth-order valence-electron chi connectivity index (χ4n) is 9.63. The van der Waals surface area contributed by atoms with Gasteiger partial charge in [0.1, 0.15) is 0 Å². The van der Waals surface area contributed by atoms with Crippen LogP contribution in [0, 0.1) is 0 Å². The lowest BCUT2D eigenvalue weighted by Gasteiger charge is -2.50. The van der Waals surface area contributed by atoms with Crippen molar-refractivity contribution >= 4 is 29.7 Å². The molecule has 0 radical (unpaired) electrons. The van der Waals surface area contributed by atoms with Gasteiger partial charge in [-0.3, -0.25) is 9.05 Å². The number of unbranched alkanes of at least 4 members (excludes halogenated alkanes) is 30. The molecule has 0 fully saturated rings. The Labute approximate surface area is 438 Å². The summed E-state index contributed by atoms with van der Waals surface area (Å²) in [5, 5.41) is 0. The molecule has 0 aromatic rings. The largest absolute Gasteiger partial charge is 0.346 e. The predicted octanol–water partition coefficient (Wildman–Crippen LogP) is 18.5. The van der Waals surface area contributed by atoms with Crippen LogP contribution >= 0.6 is 17.9 Å². The third-order valence-corrected chi connectivity index (χ3v) is 14.8. The van der Waals surface area contributed by atoms with E-state index in [9.17, 15) is 0 Å². The molecule has 0 saturated carbocycles. The van der Waals surface area contributed by atoms with E-state index in [0.29, 0.717) is 39.3 Å². The van der Waals surface area contributed by atoms with Crippen LogP contribution in [-0.4, -0.2) is 76.4 Å². The zero-order valence-corrected chi connectivity index (χ0v) is 49.7. The van der Waals surface area contributed by atoms with Crippen molar-refractivity contribution in [2.45, 2.75) is 311 Å². The molecule has 0 aliphatic rings. The van der Waals surface area contributed by atoms with E-state index in [0.717, 1.165) is 38.5 Å². The summed E-state index contributed by atoms with van der Waals surface area (Å²) in [5.74, 6) is -6.85. The van der Waals surface area contributed by atoms with Crippen LogP contribution in [0.5, 0.6) is 0 Å². The zero-order valence-electron chi connectivity index (χ0n) is 47.1. The van der Waals surface area contributed by atoms with Gasteiger partial charge < -0.3 is 37.9 Å². The van der Waals surface area contributed by atoms with Crippen molar-refractivity contribution in [2.24, 2.45) is 0 Å². The molecule has 0 rings (SSSR count). The van der Waals surface area contributed by atoms with Crippen LogP contribution in [0.1, 0.15) is 288 Å². The summed E-state index contributed by atoms with van der Waals surface area (Å²) < 4.78 is 66.3. The molecule has 10 nitrogen and oxygen atoms in total. The lowest BCUT2D eigenvalue weighted by molar-refractivity contribution is -0.488. The Bertz CT molecular complexity index is 1050. The van der Waals surface area contributed by atoms with E-state index in [1.807, 2.05) is 55.4 Å². The highest BCUT2D eigenvalue weighted by molar-refractivity contribution is 8.60. The van der Waals surface area contributed by atoms with Gasteiger partial charge in [0, 0.05) is 65.7 Å². The highest BCUT2D eigenvalue weighted by Gasteiger charge is 2.64. The molecule has 0 spiro atoms. The minimum Gasteiger partial charge on any atom is -0.344 e. The van der Waals surface area contributed by atoms with Gasteiger partial charge in [-0.05, 0) is 80.0 Å². The molecule has 0 amide bonds. The minimum absolute atomic E-state index is 0.215. The first-order valence-corrected chi connectivity index (χ1v) is 33.2. The van der Waals surface area contributed by atoms with Gasteiger partial charge >= 0.3 is 11.9 Å². The normalized spacial score (nSPS) is 13.0. The molecule has 0 aliphatic carbocycles. The summed E-state index contributed by atoms with van der Waals surface area (Å²) in [6.45, 7) is 22.0. The molecule has 0 atom stereocenters. The Balaban J connectivity index is 5.97. The van der Waals surface area contributed by atoms with Gasteiger partial charge in [-0.25, -0.2) is 0 Å². The SMILES string of the molecule is CCCCCCCCCCCCCCCCCCC(OCC)(OCC)C(OCC)(OCC)OP(=S)(S)OC(OCC)(OCC)C(CCCCCCCCCCCCCCCCCC)(OCC)OCC. The first-order valence-electron chi connectivity index (χ1n) is 29.4. The molecule has 13 heteroatoms. The second kappa shape index (κ2) is 45.9. The van der Waals surface area contributed by atoms with Gasteiger partial charge in [0.2, 0.25) is 0 Å². The van der Waals surface area contributed by atoms with Crippen molar-refractivity contribution in [2.75, 3.05) is 52.9 Å². The second-order valence-corrected chi connectivity index (χ2v) is 24.0. The lowest BCUT2D eigenvalue weighted by Crippen LogP contribution is -2.64. The van der Waals surface area contributed by atoms with Gasteiger partial charge in [-0.15, -0.1) is 0 Å². The molecule has 0 aliphatic heterocycles. The standard InChI is InChI=1S/C56H115O10PS2/c1-11-21-23-25-27-29-31-33-35-37-39-41-43-45-47-49-51-53(57-13-3,58-14-4)55(61-17-7,62-18-8)65-67(68,69)66-56(63-19-9,64-20-10)54(59-15-5,60-16-6)52-50-48-46-44-42-40-38-36-34-32-30-28-26-24-22-12-2/h11-52H2,1-10H3,(H,68,69). The highest BCUT2D eigenvalue weighted by Crippen LogP contribution is 2.63. The molecule has 416 valence electrons. The number of rotatable bonds is 56. The van der Waals surface area contributed by atoms with Crippen LogP contribution in [0.25, 0.3) is 0 Å². The molecule has 69 heavy (non-hydrogen) atoms. The van der Waals surface area contributed by atoms with Gasteiger partial charge in [-0.1, -0.05) is 219 Å². The second-order valence-electron chi connectivity index (χ2n) is 18.8. The Kier molecular flexibility index (Phi) is 46.3. The Hall–Kier alpha value is 0.600. The summed E-state index contributed by atoms with van der Waals surface area (Å²) in [4.78, 5) is 0. The maximum absolute atomic E-state index is 6.89. The molecular weight excluding hydrogens is 928 g/mol. The third-order valence-electron chi connectivity index (χ3n) is 13.0. The molecule has 0 bridgehead atoms. The van der Waals surface area contributed by atoms with Crippen molar-refractivity contribution in [3.8, 4) is 0 Å². The number of hydrogen-bond donors (Lipinski definition) is 1. The maximum atomic E-state index is 6.89. The number of thiol groups is 1. The molecule has 0 aromatic carbocycles. The molecule has 0 heterocycles. The van der Waals surface area contributed by atoms with Gasteiger partial charge in [0.05, 0.1) is 0 Å². The first-order chi connectivity index (χ1) is 33.5. The predicted molar refractivity (Wildman–Crippen MR) is 298 cm³/mol. The maximum Gasteiger partial charge on any atom is 0.346 e. The van der Waals surface area contributed by atoms with Crippen LogP contribution in [0.15, 0.2) is 0 Å². The topological polar surface area (TPSA) is 92.3 Å². The van der Waals surface area contributed by atoms with Crippen molar-refractivity contribution in [1.82, 2.24) is 0 Å². The van der Waals surface area contributed by atoms with E-state index >= 15 is 0 Å². The van der Waals surface area contributed by atoms with Crippen LogP contribution in [0.3, 0.4) is 0 Å². The fraction of sp³-hybridized carbons (Fsp3) is 1.00. The molecular formula is C56H115O10PS2. The minimum atomic E-state index is -3.79. The van der Waals surface area contributed by atoms with Crippen molar-refractivity contribution in [1.29, 1.82) is 0 Å². The van der Waals surface area contributed by atoms with E-state index < -0.39 is 29.2 Å². The Morgan fingerprint density at radius 1 is 0.275 bits per heavy atom. The number of hydrogen-bond acceptors (Lipinski definition) is 11. The molecule has 0 N–H and O–H groups in total. The smallest absolute Gasteiger partial charge is 0.344 e. The zero-order chi connectivity index (χ0) is 51.3. The summed E-state index contributed by atoms with van der Waals surface area (Å²) in [7, 11) is 0. The summed E-state index contributed by atoms with van der Waals surface area (Å²) in [5.41, 5.74) is -3.79. The van der Waals surface area contributed by atoms with Gasteiger partial charge in [0.25, 0.3) is 17.3 Å². The van der Waals surface area contributed by atoms with Crippen LogP contribution in [-0.2, 0) is 58.7 Å². The highest BCUT2D eigenvalue weighted by atomic mass is 32.9. The molecule has 0 unspecified atom stereocenters. The van der Waals surface area contributed by atoms with Crippen LogP contribution in [0.2, 0.25) is 0 Å². The third kappa shape index (κ3) is 30.1. The first kappa shape index (κ1) is 69.6. The van der Waals surface area contributed by atoms with E-state index in [4.69, 9.17) is 71.0 Å². The van der Waals surface area contributed by atoms with E-state index in [-0.39, 0.29) is 26.4 Å². The Morgan fingerprint density at radius 3 is 0.623 bits per heavy atom. The van der Waals surface area contributed by atoms with Crippen molar-refractivity contribution in [3.63, 3.8) is 0 Å². The van der Waals surface area contributed by atoms with Crippen molar-refractivity contribution < 1.29 is 46.9 Å². The fourth-order valence-corrected chi connectivity index (χ4v) is 12.0. The average Bonchev–Trinajstić information content (AvgIpc) is 3.31. The van der Waals surface area contributed by atoms with Crippen molar-refractivity contribution in [3.05, 3.63) is 0 Å². The lowest BCUT2D eigenvalue weighted by atomic mass is 10.0. The summed E-state index contributed by atoms with van der Waals surface area (Å²) in [6, 6.07) is 0. The summed E-state index contributed by atoms with van der Waals surface area (Å²) in [6.07, 6.45) is 41.8. The van der Waals surface area contributed by atoms with E-state index in [1.165, 1.54) is 167 Å². The molecule has 0 aromatic heterocycles. The Morgan fingerprint density at radius 2 is 0.449 bits per heavy atom. The van der Waals surface area contributed by atoms with Crippen LogP contribution in [0.4, 0.5) is 0 Å². The number of ether oxygens (including phenoxy) is 8. The van der Waals surface area contributed by atoms with Gasteiger partial charge in [-0.2, -0.15) is 0 Å². The monoisotopic (exact) mass is 1040 g/mol. The van der Waals surface area contributed by atoms with E-state index in [1.54, 1.807) is 0 Å².